The van der Waals surface area contributed by atoms with Gasteiger partial charge in [0.15, 0.2) is 5.58 Å². The lowest BCUT2D eigenvalue weighted by Crippen LogP contribution is -2.26. The third-order valence-electron chi connectivity index (χ3n) is 4.19. The van der Waals surface area contributed by atoms with Gasteiger partial charge in [0.25, 0.3) is 5.91 Å². The minimum Gasteiger partial charge on any atom is -0.497 e. The molecule has 2 aromatic carbocycles. The molecule has 1 unspecified atom stereocenters. The molecule has 4 rings (SSSR count). The van der Waals surface area contributed by atoms with E-state index >= 15 is 0 Å². The Bertz CT molecular complexity index is 913. The molecule has 0 spiro atoms. The molecule has 2 heterocycles. The Morgan fingerprint density at radius 3 is 3.00 bits per heavy atom. The number of anilines is 1. The molecule has 1 aliphatic rings. The second-order valence-corrected chi connectivity index (χ2v) is 5.92. The van der Waals surface area contributed by atoms with Gasteiger partial charge in [-0.25, -0.2) is 4.98 Å². The van der Waals surface area contributed by atoms with Crippen LogP contribution in [0.2, 0.25) is 0 Å². The zero-order valence-corrected chi connectivity index (χ0v) is 13.8. The number of nitrogens with one attached hydrogen (secondary N) is 1. The van der Waals surface area contributed by atoms with Crippen molar-refractivity contribution in [3.63, 3.8) is 0 Å². The van der Waals surface area contributed by atoms with Crippen LogP contribution >= 0.6 is 0 Å². The summed E-state index contributed by atoms with van der Waals surface area (Å²) in [5.74, 6) is 1.13. The first-order valence-electron chi connectivity index (χ1n) is 8.20. The molecule has 0 radical (unpaired) electrons. The van der Waals surface area contributed by atoms with Crippen molar-refractivity contribution in [3.8, 4) is 17.2 Å². The number of hydrogen-bond acceptors (Lipinski definition) is 5. The molecule has 0 bridgehead atoms. The number of carbonyl (C=O) groups excluding carboxylic acids is 1. The lowest BCUT2D eigenvalue weighted by Gasteiger charge is -2.09. The molecule has 1 atom stereocenters. The van der Waals surface area contributed by atoms with E-state index in [0.717, 1.165) is 29.7 Å². The van der Waals surface area contributed by atoms with Crippen molar-refractivity contribution in [2.75, 3.05) is 19.0 Å². The minimum absolute atomic E-state index is 0.121. The maximum Gasteiger partial charge on any atom is 0.253 e. The monoisotopic (exact) mass is 338 g/mol. The van der Waals surface area contributed by atoms with Crippen molar-refractivity contribution in [2.24, 2.45) is 0 Å². The van der Waals surface area contributed by atoms with Crippen LogP contribution in [0, 0.1) is 0 Å². The lowest BCUT2D eigenvalue weighted by molar-refractivity contribution is -0.124. The molecule has 1 aromatic heterocycles. The molecule has 128 valence electrons. The largest absolute Gasteiger partial charge is 0.497 e. The topological polar surface area (TPSA) is 73.6 Å². The molecule has 6 heteroatoms. The first kappa shape index (κ1) is 15.7. The highest BCUT2D eigenvalue weighted by Gasteiger charge is 2.23. The van der Waals surface area contributed by atoms with Crippen LogP contribution in [0.15, 0.2) is 46.9 Å². The normalized spacial score (nSPS) is 16.9. The van der Waals surface area contributed by atoms with Crippen LogP contribution in [-0.4, -0.2) is 30.7 Å². The molecule has 1 amide bonds. The van der Waals surface area contributed by atoms with E-state index in [1.165, 1.54) is 0 Å². The van der Waals surface area contributed by atoms with Gasteiger partial charge in [-0.2, -0.15) is 0 Å². The van der Waals surface area contributed by atoms with Crippen LogP contribution in [0.5, 0.6) is 5.75 Å². The Labute approximate surface area is 144 Å². The summed E-state index contributed by atoms with van der Waals surface area (Å²) in [4.78, 5) is 16.6. The molecule has 1 fully saturated rings. The Hall–Kier alpha value is -2.86. The number of methoxy groups -OCH3 is 1. The smallest absolute Gasteiger partial charge is 0.253 e. The Balaban J connectivity index is 1.59. The third kappa shape index (κ3) is 3.21. The van der Waals surface area contributed by atoms with Gasteiger partial charge in [-0.15, -0.1) is 0 Å². The summed E-state index contributed by atoms with van der Waals surface area (Å²) >= 11 is 0. The number of hydrogen-bond donors (Lipinski definition) is 1. The van der Waals surface area contributed by atoms with Crippen molar-refractivity contribution in [3.05, 3.63) is 42.5 Å². The van der Waals surface area contributed by atoms with Gasteiger partial charge in [-0.1, -0.05) is 6.07 Å². The number of nitrogens with zero attached hydrogens (tertiary/aromatic N) is 1. The molecule has 0 aliphatic carbocycles. The molecule has 0 saturated carbocycles. The summed E-state index contributed by atoms with van der Waals surface area (Å²) < 4.78 is 16.5. The van der Waals surface area contributed by atoms with Crippen LogP contribution in [0.1, 0.15) is 12.8 Å². The van der Waals surface area contributed by atoms with Gasteiger partial charge >= 0.3 is 0 Å². The summed E-state index contributed by atoms with van der Waals surface area (Å²) in [6, 6.07) is 12.9. The van der Waals surface area contributed by atoms with E-state index in [0.29, 0.717) is 23.8 Å². The minimum atomic E-state index is -0.363. The SMILES string of the molecule is COc1cccc(-c2nc3ccc(NC(=O)C4CCCO4)cc3o2)c1. The molecule has 6 nitrogen and oxygen atoms in total. The summed E-state index contributed by atoms with van der Waals surface area (Å²) in [6.45, 7) is 0.642. The highest BCUT2D eigenvalue weighted by Crippen LogP contribution is 2.28. The summed E-state index contributed by atoms with van der Waals surface area (Å²) in [7, 11) is 1.62. The highest BCUT2D eigenvalue weighted by atomic mass is 16.5. The first-order chi connectivity index (χ1) is 12.2. The molecular formula is C19H18N2O4. The van der Waals surface area contributed by atoms with Gasteiger partial charge in [0.05, 0.1) is 7.11 Å². The standard InChI is InChI=1S/C19H18N2O4/c1-23-14-5-2-4-12(10-14)19-21-15-8-7-13(11-17(15)25-19)20-18(22)16-6-3-9-24-16/h2,4-5,7-8,10-11,16H,3,6,9H2,1H3,(H,20,22). The summed E-state index contributed by atoms with van der Waals surface area (Å²) in [5.41, 5.74) is 2.85. The van der Waals surface area contributed by atoms with Crippen LogP contribution in [0.3, 0.4) is 0 Å². The molecule has 25 heavy (non-hydrogen) atoms. The molecular weight excluding hydrogens is 320 g/mol. The number of carbonyl (C=O) groups is 1. The second-order valence-electron chi connectivity index (χ2n) is 5.92. The van der Waals surface area contributed by atoms with E-state index < -0.39 is 0 Å². The number of amides is 1. The summed E-state index contributed by atoms with van der Waals surface area (Å²) in [5, 5.41) is 2.87. The zero-order valence-electron chi connectivity index (χ0n) is 13.8. The van der Waals surface area contributed by atoms with E-state index in [1.807, 2.05) is 36.4 Å². The van der Waals surface area contributed by atoms with E-state index in [1.54, 1.807) is 13.2 Å². The number of rotatable bonds is 4. The number of ether oxygens (including phenoxy) is 2. The lowest BCUT2D eigenvalue weighted by atomic mass is 10.2. The maximum atomic E-state index is 12.2. The van der Waals surface area contributed by atoms with Crippen molar-refractivity contribution in [1.29, 1.82) is 0 Å². The van der Waals surface area contributed by atoms with Gasteiger partial charge in [0.1, 0.15) is 17.4 Å². The predicted molar refractivity (Wildman–Crippen MR) is 93.6 cm³/mol. The van der Waals surface area contributed by atoms with Crippen LogP contribution in [-0.2, 0) is 9.53 Å². The van der Waals surface area contributed by atoms with Gasteiger partial charge in [-0.05, 0) is 43.2 Å². The molecule has 3 aromatic rings. The maximum absolute atomic E-state index is 12.2. The van der Waals surface area contributed by atoms with Crippen molar-refractivity contribution in [1.82, 2.24) is 4.98 Å². The number of fused-ring (bicyclic) bond motifs is 1. The van der Waals surface area contributed by atoms with E-state index in [-0.39, 0.29) is 12.0 Å². The van der Waals surface area contributed by atoms with Crippen molar-refractivity contribution < 1.29 is 18.7 Å². The molecule has 1 N–H and O–H groups in total. The van der Waals surface area contributed by atoms with Gasteiger partial charge in [0.2, 0.25) is 5.89 Å². The Morgan fingerprint density at radius 2 is 2.20 bits per heavy atom. The van der Waals surface area contributed by atoms with E-state index in [2.05, 4.69) is 10.3 Å². The zero-order chi connectivity index (χ0) is 17.2. The molecule has 1 aliphatic heterocycles. The fraction of sp³-hybridized carbons (Fsp3) is 0.263. The van der Waals surface area contributed by atoms with Crippen LogP contribution < -0.4 is 10.1 Å². The van der Waals surface area contributed by atoms with Crippen LogP contribution in [0.4, 0.5) is 5.69 Å². The number of benzene rings is 2. The van der Waals surface area contributed by atoms with Crippen molar-refractivity contribution >= 4 is 22.7 Å². The average molecular weight is 338 g/mol. The highest BCUT2D eigenvalue weighted by molar-refractivity contribution is 5.95. The first-order valence-corrected chi connectivity index (χ1v) is 8.20. The second kappa shape index (κ2) is 6.57. The van der Waals surface area contributed by atoms with Gasteiger partial charge < -0.3 is 19.2 Å². The van der Waals surface area contributed by atoms with E-state index in [4.69, 9.17) is 13.9 Å². The van der Waals surface area contributed by atoms with Crippen LogP contribution in [0.25, 0.3) is 22.6 Å². The predicted octanol–water partition coefficient (Wildman–Crippen LogP) is 3.62. The quantitative estimate of drug-likeness (QED) is 0.786. The van der Waals surface area contributed by atoms with Gasteiger partial charge in [0, 0.05) is 23.9 Å². The van der Waals surface area contributed by atoms with Gasteiger partial charge in [-0.3, -0.25) is 4.79 Å². The van der Waals surface area contributed by atoms with E-state index in [9.17, 15) is 4.79 Å². The summed E-state index contributed by atoms with van der Waals surface area (Å²) in [6.07, 6.45) is 1.32. The fourth-order valence-corrected chi connectivity index (χ4v) is 2.89. The average Bonchev–Trinajstić information content (AvgIpc) is 3.31. The fourth-order valence-electron chi connectivity index (χ4n) is 2.89. The Morgan fingerprint density at radius 1 is 1.28 bits per heavy atom. The number of aromatic nitrogens is 1. The third-order valence-corrected chi connectivity index (χ3v) is 4.19. The van der Waals surface area contributed by atoms with Crippen molar-refractivity contribution in [2.45, 2.75) is 18.9 Å². The number of oxazole rings is 1. The molecule has 1 saturated heterocycles. The Kier molecular flexibility index (Phi) is 4.11.